The lowest BCUT2D eigenvalue weighted by molar-refractivity contribution is 0.881. The number of hydrogen-bond donors (Lipinski definition) is 2. The number of rotatable bonds is 1. The number of aromatic amines is 2. The molecule has 2 aromatic carbocycles. The average molecular weight is 285 g/mol. The number of fused-ring (bicyclic) bond motifs is 1. The van der Waals surface area contributed by atoms with Crippen molar-refractivity contribution < 1.29 is 0 Å². The first kappa shape index (κ1) is 12.4. The van der Waals surface area contributed by atoms with Gasteiger partial charge in [0.2, 0.25) is 5.82 Å². The Morgan fingerprint density at radius 3 is 2.68 bits per heavy atom. The van der Waals surface area contributed by atoms with Gasteiger partial charge in [0.1, 0.15) is 0 Å². The Balaban J connectivity index is 1.67. The van der Waals surface area contributed by atoms with Gasteiger partial charge in [0.25, 0.3) is 0 Å². The molecule has 0 unspecified atom stereocenters. The van der Waals surface area contributed by atoms with E-state index in [1.807, 2.05) is 48.7 Å². The Bertz CT molecular complexity index is 986. The first-order chi connectivity index (χ1) is 10.9. The van der Waals surface area contributed by atoms with Gasteiger partial charge in [0.15, 0.2) is 0 Å². The molecule has 0 aliphatic heterocycles. The van der Waals surface area contributed by atoms with Crippen LogP contribution in [0.1, 0.15) is 11.1 Å². The van der Waals surface area contributed by atoms with Gasteiger partial charge in [-0.3, -0.25) is 0 Å². The topological polar surface area (TPSA) is 70.2 Å². The molecule has 5 heteroatoms. The monoisotopic (exact) mass is 285 g/mol. The summed E-state index contributed by atoms with van der Waals surface area (Å²) in [5.74, 6) is 6.93. The number of aromatic nitrogens is 5. The van der Waals surface area contributed by atoms with Crippen molar-refractivity contribution in [3.63, 3.8) is 0 Å². The molecule has 0 aliphatic carbocycles. The molecule has 2 heterocycles. The Labute approximate surface area is 126 Å². The van der Waals surface area contributed by atoms with Crippen LogP contribution in [0, 0.1) is 11.8 Å². The lowest BCUT2D eigenvalue weighted by Crippen LogP contribution is -1.83. The van der Waals surface area contributed by atoms with Crippen LogP contribution in [-0.4, -0.2) is 25.6 Å². The molecule has 0 amide bonds. The first-order valence-electron chi connectivity index (χ1n) is 6.81. The highest BCUT2D eigenvalue weighted by Crippen LogP contribution is 2.15. The quantitative estimate of drug-likeness (QED) is 0.528. The van der Waals surface area contributed by atoms with Gasteiger partial charge in [-0.25, -0.2) is 0 Å². The Morgan fingerprint density at radius 2 is 1.82 bits per heavy atom. The molecule has 0 spiro atoms. The molecule has 4 rings (SSSR count). The molecular formula is C17H11N5. The largest absolute Gasteiger partial charge is 0.361 e. The molecule has 0 fully saturated rings. The van der Waals surface area contributed by atoms with Crippen molar-refractivity contribution in [3.8, 4) is 23.2 Å². The van der Waals surface area contributed by atoms with E-state index in [1.54, 1.807) is 0 Å². The Hall–Kier alpha value is -3.39. The summed E-state index contributed by atoms with van der Waals surface area (Å²) < 4.78 is 0. The lowest BCUT2D eigenvalue weighted by atomic mass is 10.1. The van der Waals surface area contributed by atoms with Crippen molar-refractivity contribution in [3.05, 3.63) is 65.9 Å². The molecule has 2 aromatic heterocycles. The SMILES string of the molecule is C(#Cc1ccc2[nH]ccc2c1)c1cccc(-c2nn[nH]n2)c1. The van der Waals surface area contributed by atoms with Crippen LogP contribution in [-0.2, 0) is 0 Å². The molecule has 0 radical (unpaired) electrons. The van der Waals surface area contributed by atoms with Crippen LogP contribution in [0.25, 0.3) is 22.3 Å². The van der Waals surface area contributed by atoms with E-state index >= 15 is 0 Å². The molecule has 22 heavy (non-hydrogen) atoms. The number of tetrazole rings is 1. The van der Waals surface area contributed by atoms with E-state index in [0.717, 1.165) is 27.6 Å². The molecular weight excluding hydrogens is 274 g/mol. The van der Waals surface area contributed by atoms with E-state index in [0.29, 0.717) is 5.82 Å². The summed E-state index contributed by atoms with van der Waals surface area (Å²) in [6.07, 6.45) is 1.93. The van der Waals surface area contributed by atoms with Gasteiger partial charge in [-0.1, -0.05) is 24.0 Å². The molecule has 4 aromatic rings. The Kier molecular flexibility index (Phi) is 2.91. The summed E-state index contributed by atoms with van der Waals surface area (Å²) in [6, 6.07) is 15.9. The van der Waals surface area contributed by atoms with Crippen molar-refractivity contribution in [1.82, 2.24) is 25.6 Å². The summed E-state index contributed by atoms with van der Waals surface area (Å²) >= 11 is 0. The molecule has 0 saturated heterocycles. The van der Waals surface area contributed by atoms with Crippen LogP contribution in [0.15, 0.2) is 54.7 Å². The van der Waals surface area contributed by atoms with Crippen molar-refractivity contribution in [2.24, 2.45) is 0 Å². The zero-order chi connectivity index (χ0) is 14.8. The Morgan fingerprint density at radius 1 is 0.909 bits per heavy atom. The van der Waals surface area contributed by atoms with Gasteiger partial charge in [-0.15, -0.1) is 10.2 Å². The predicted octanol–water partition coefficient (Wildman–Crippen LogP) is 2.75. The maximum absolute atomic E-state index is 3.98. The van der Waals surface area contributed by atoms with E-state index in [1.165, 1.54) is 0 Å². The van der Waals surface area contributed by atoms with E-state index in [-0.39, 0.29) is 0 Å². The summed E-state index contributed by atoms with van der Waals surface area (Å²) in [4.78, 5) is 3.17. The third-order valence-electron chi connectivity index (χ3n) is 3.37. The average Bonchev–Trinajstić information content (AvgIpc) is 3.24. The molecule has 2 N–H and O–H groups in total. The third-order valence-corrected chi connectivity index (χ3v) is 3.37. The standard InChI is InChI=1S/C17H11N5/c1-2-12(11-15(3-1)17-19-21-22-20-17)4-5-13-6-7-16-14(10-13)8-9-18-16/h1-3,6-11,18H,(H,19,20,21,22). The van der Waals surface area contributed by atoms with E-state index in [4.69, 9.17) is 0 Å². The van der Waals surface area contributed by atoms with E-state index in [2.05, 4.69) is 43.5 Å². The highest BCUT2D eigenvalue weighted by Gasteiger charge is 2.02. The molecule has 5 nitrogen and oxygen atoms in total. The van der Waals surface area contributed by atoms with Crippen molar-refractivity contribution in [1.29, 1.82) is 0 Å². The minimum atomic E-state index is 0.567. The number of H-pyrrole nitrogens is 2. The predicted molar refractivity (Wildman–Crippen MR) is 83.9 cm³/mol. The highest BCUT2D eigenvalue weighted by atomic mass is 15.5. The maximum Gasteiger partial charge on any atom is 0.204 e. The second-order valence-electron chi connectivity index (χ2n) is 4.85. The normalized spacial score (nSPS) is 10.4. The van der Waals surface area contributed by atoms with Crippen molar-refractivity contribution in [2.45, 2.75) is 0 Å². The fraction of sp³-hybridized carbons (Fsp3) is 0. The second kappa shape index (κ2) is 5.19. The molecule has 0 atom stereocenters. The van der Waals surface area contributed by atoms with Crippen LogP contribution in [0.4, 0.5) is 0 Å². The van der Waals surface area contributed by atoms with Gasteiger partial charge < -0.3 is 4.98 Å². The smallest absolute Gasteiger partial charge is 0.204 e. The summed E-state index contributed by atoms with van der Waals surface area (Å²) in [5, 5.41) is 15.1. The fourth-order valence-corrected chi connectivity index (χ4v) is 2.30. The first-order valence-corrected chi connectivity index (χ1v) is 6.81. The summed E-state index contributed by atoms with van der Waals surface area (Å²) in [5.41, 5.74) is 3.90. The molecule has 0 aliphatic rings. The lowest BCUT2D eigenvalue weighted by Gasteiger charge is -1.95. The van der Waals surface area contributed by atoms with Gasteiger partial charge in [0, 0.05) is 33.8 Å². The molecule has 0 saturated carbocycles. The van der Waals surface area contributed by atoms with Gasteiger partial charge in [-0.2, -0.15) is 5.21 Å². The number of nitrogens with one attached hydrogen (secondary N) is 2. The van der Waals surface area contributed by atoms with Crippen LogP contribution >= 0.6 is 0 Å². The van der Waals surface area contributed by atoms with Gasteiger partial charge in [0.05, 0.1) is 0 Å². The summed E-state index contributed by atoms with van der Waals surface area (Å²) in [6.45, 7) is 0. The van der Waals surface area contributed by atoms with Crippen LogP contribution < -0.4 is 0 Å². The van der Waals surface area contributed by atoms with Crippen molar-refractivity contribution in [2.75, 3.05) is 0 Å². The zero-order valence-electron chi connectivity index (χ0n) is 11.5. The summed E-state index contributed by atoms with van der Waals surface area (Å²) in [7, 11) is 0. The van der Waals surface area contributed by atoms with E-state index < -0.39 is 0 Å². The highest BCUT2D eigenvalue weighted by molar-refractivity contribution is 5.80. The maximum atomic E-state index is 3.98. The van der Waals surface area contributed by atoms with Crippen LogP contribution in [0.3, 0.4) is 0 Å². The molecule has 0 bridgehead atoms. The zero-order valence-corrected chi connectivity index (χ0v) is 11.5. The van der Waals surface area contributed by atoms with E-state index in [9.17, 15) is 0 Å². The van der Waals surface area contributed by atoms with Crippen LogP contribution in [0.2, 0.25) is 0 Å². The number of benzene rings is 2. The fourth-order valence-electron chi connectivity index (χ4n) is 2.30. The van der Waals surface area contributed by atoms with Gasteiger partial charge >= 0.3 is 0 Å². The van der Waals surface area contributed by atoms with Crippen LogP contribution in [0.5, 0.6) is 0 Å². The minimum Gasteiger partial charge on any atom is -0.361 e. The minimum absolute atomic E-state index is 0.567. The number of nitrogens with zero attached hydrogens (tertiary/aromatic N) is 3. The number of hydrogen-bond acceptors (Lipinski definition) is 3. The van der Waals surface area contributed by atoms with Crippen molar-refractivity contribution >= 4 is 10.9 Å². The second-order valence-corrected chi connectivity index (χ2v) is 4.85. The molecule has 104 valence electrons. The third kappa shape index (κ3) is 2.34. The van der Waals surface area contributed by atoms with Gasteiger partial charge in [-0.05, 0) is 41.6 Å².